The summed E-state index contributed by atoms with van der Waals surface area (Å²) in [6.07, 6.45) is 0.845. The van der Waals surface area contributed by atoms with E-state index in [2.05, 4.69) is 14.9 Å². The van der Waals surface area contributed by atoms with Gasteiger partial charge in [-0.05, 0) is 61.5 Å². The molecular weight excluding hydrogens is 490 g/mol. The smallest absolute Gasteiger partial charge is 0.335 e. The van der Waals surface area contributed by atoms with Crippen molar-refractivity contribution in [3.63, 3.8) is 0 Å². The van der Waals surface area contributed by atoms with Crippen LogP contribution >= 0.6 is 11.6 Å². The second-order valence-electron chi connectivity index (χ2n) is 8.84. The van der Waals surface area contributed by atoms with Crippen molar-refractivity contribution in [2.75, 3.05) is 13.1 Å². The molecule has 0 saturated carbocycles. The molecule has 3 heterocycles. The van der Waals surface area contributed by atoms with Crippen LogP contribution in [0.4, 0.5) is 8.78 Å². The molecular formula is C26H23ClF2N4O3. The third-order valence-electron chi connectivity index (χ3n) is 6.47. The van der Waals surface area contributed by atoms with Crippen LogP contribution < -0.4 is 4.74 Å². The number of aryl methyl sites for hydroxylation is 1. The number of imidazole rings is 1. The van der Waals surface area contributed by atoms with Crippen LogP contribution in [0.5, 0.6) is 5.75 Å². The lowest BCUT2D eigenvalue weighted by Gasteiger charge is -2.16. The Bertz CT molecular complexity index is 1460. The highest BCUT2D eigenvalue weighted by atomic mass is 35.5. The number of pyridine rings is 1. The quantitative estimate of drug-likeness (QED) is 0.368. The van der Waals surface area contributed by atoms with Crippen molar-refractivity contribution >= 4 is 28.6 Å². The van der Waals surface area contributed by atoms with E-state index in [4.69, 9.17) is 16.3 Å². The summed E-state index contributed by atoms with van der Waals surface area (Å²) in [6.45, 7) is 1.92. The maximum atomic E-state index is 14.4. The number of carbonyl (C=O) groups is 1. The molecule has 7 nitrogen and oxygen atoms in total. The molecule has 10 heteroatoms. The van der Waals surface area contributed by atoms with Crippen molar-refractivity contribution in [1.82, 2.24) is 19.4 Å². The van der Waals surface area contributed by atoms with E-state index in [1.165, 1.54) is 18.2 Å². The number of aromatic carboxylic acids is 1. The number of carboxylic acids is 1. The highest BCUT2D eigenvalue weighted by molar-refractivity contribution is 6.30. The normalized spacial score (nSPS) is 16.1. The third-order valence-corrected chi connectivity index (χ3v) is 6.71. The predicted molar refractivity (Wildman–Crippen MR) is 130 cm³/mol. The van der Waals surface area contributed by atoms with Crippen LogP contribution in [0.1, 0.15) is 39.9 Å². The van der Waals surface area contributed by atoms with Gasteiger partial charge in [-0.1, -0.05) is 11.6 Å². The summed E-state index contributed by atoms with van der Waals surface area (Å²) in [6, 6.07) is 12.0. The highest BCUT2D eigenvalue weighted by Gasteiger charge is 2.27. The average molecular weight is 513 g/mol. The van der Waals surface area contributed by atoms with Crippen molar-refractivity contribution < 1.29 is 23.4 Å². The van der Waals surface area contributed by atoms with E-state index in [9.17, 15) is 18.7 Å². The SMILES string of the molecule is Cn1c(CN2CCC(c3ccc(F)c(COc4ccc(Cl)cc4F)n3)C2)nc2ccc(C(=O)O)cc21. The molecule has 2 aromatic heterocycles. The third kappa shape index (κ3) is 4.89. The lowest BCUT2D eigenvalue weighted by atomic mass is 10.0. The molecule has 4 aromatic rings. The molecule has 0 bridgehead atoms. The summed E-state index contributed by atoms with van der Waals surface area (Å²) >= 11 is 5.76. The minimum atomic E-state index is -0.975. The zero-order valence-electron chi connectivity index (χ0n) is 19.4. The molecule has 1 fully saturated rings. The predicted octanol–water partition coefficient (Wildman–Crippen LogP) is 5.17. The van der Waals surface area contributed by atoms with Crippen LogP contribution in [0.3, 0.4) is 0 Å². The van der Waals surface area contributed by atoms with Gasteiger partial charge in [-0.25, -0.2) is 18.6 Å². The first-order valence-electron chi connectivity index (χ1n) is 11.4. The Kier molecular flexibility index (Phi) is 6.59. The fraction of sp³-hybridized carbons (Fsp3) is 0.269. The van der Waals surface area contributed by atoms with Crippen molar-refractivity contribution in [1.29, 1.82) is 0 Å². The van der Waals surface area contributed by atoms with E-state index in [0.29, 0.717) is 13.1 Å². The van der Waals surface area contributed by atoms with Gasteiger partial charge < -0.3 is 14.4 Å². The number of carboxylic acid groups (broad SMARTS) is 1. The fourth-order valence-electron chi connectivity index (χ4n) is 4.50. The van der Waals surface area contributed by atoms with Crippen molar-refractivity contribution in [2.45, 2.75) is 25.5 Å². The lowest BCUT2D eigenvalue weighted by molar-refractivity contribution is 0.0697. The molecule has 36 heavy (non-hydrogen) atoms. The second-order valence-corrected chi connectivity index (χ2v) is 9.28. The van der Waals surface area contributed by atoms with Crippen LogP contribution in [-0.2, 0) is 20.2 Å². The zero-order chi connectivity index (χ0) is 25.4. The minimum absolute atomic E-state index is 0.0176. The first-order valence-corrected chi connectivity index (χ1v) is 11.8. The Balaban J connectivity index is 1.27. The number of fused-ring (bicyclic) bond motifs is 1. The van der Waals surface area contributed by atoms with Gasteiger partial charge in [0.2, 0.25) is 0 Å². The largest absolute Gasteiger partial charge is 0.484 e. The first kappa shape index (κ1) is 24.1. The van der Waals surface area contributed by atoms with Gasteiger partial charge in [0.25, 0.3) is 0 Å². The summed E-state index contributed by atoms with van der Waals surface area (Å²) < 4.78 is 35.7. The summed E-state index contributed by atoms with van der Waals surface area (Å²) in [5.74, 6) is -1.19. The standard InChI is InChI=1S/C26H23ClF2N4O3/c1-32-23-10-15(26(34)35)2-5-21(23)31-25(32)13-33-9-8-16(12-33)20-6-4-18(28)22(30-20)14-36-24-7-3-17(27)11-19(24)29/h2-7,10-11,16H,8-9,12-14H2,1H3,(H,34,35). The van der Waals surface area contributed by atoms with E-state index in [0.717, 1.165) is 41.6 Å². The molecule has 1 aliphatic heterocycles. The van der Waals surface area contributed by atoms with E-state index < -0.39 is 17.6 Å². The maximum absolute atomic E-state index is 14.4. The molecule has 0 aliphatic carbocycles. The van der Waals surface area contributed by atoms with E-state index in [1.54, 1.807) is 24.3 Å². The van der Waals surface area contributed by atoms with Gasteiger partial charge in [0.05, 0.1) is 23.1 Å². The Morgan fingerprint density at radius 2 is 1.97 bits per heavy atom. The average Bonchev–Trinajstić information content (AvgIpc) is 3.44. The lowest BCUT2D eigenvalue weighted by Crippen LogP contribution is -2.22. The van der Waals surface area contributed by atoms with Gasteiger partial charge in [0.1, 0.15) is 23.9 Å². The topological polar surface area (TPSA) is 80.5 Å². The molecule has 0 radical (unpaired) electrons. The molecule has 2 aromatic carbocycles. The Hall–Kier alpha value is -3.56. The Morgan fingerprint density at radius 3 is 2.75 bits per heavy atom. The van der Waals surface area contributed by atoms with Crippen LogP contribution in [0.2, 0.25) is 5.02 Å². The fourth-order valence-corrected chi connectivity index (χ4v) is 4.66. The minimum Gasteiger partial charge on any atom is -0.484 e. The molecule has 1 unspecified atom stereocenters. The van der Waals surface area contributed by atoms with Crippen LogP contribution in [0.25, 0.3) is 11.0 Å². The summed E-state index contributed by atoms with van der Waals surface area (Å²) in [7, 11) is 1.88. The van der Waals surface area contributed by atoms with Gasteiger partial charge in [-0.2, -0.15) is 0 Å². The molecule has 1 atom stereocenters. The van der Waals surface area contributed by atoms with Gasteiger partial charge in [0, 0.05) is 30.2 Å². The molecule has 0 spiro atoms. The van der Waals surface area contributed by atoms with Crippen molar-refractivity contribution in [3.8, 4) is 5.75 Å². The summed E-state index contributed by atoms with van der Waals surface area (Å²) in [5.41, 5.74) is 2.60. The number of hydrogen-bond acceptors (Lipinski definition) is 5. The molecule has 1 aliphatic rings. The number of ether oxygens (including phenoxy) is 1. The van der Waals surface area contributed by atoms with Crippen molar-refractivity contribution in [2.24, 2.45) is 7.05 Å². The van der Waals surface area contributed by atoms with E-state index in [-0.39, 0.29) is 34.6 Å². The van der Waals surface area contributed by atoms with Crippen LogP contribution in [-0.4, -0.2) is 43.6 Å². The monoisotopic (exact) mass is 512 g/mol. The molecule has 1 saturated heterocycles. The second kappa shape index (κ2) is 9.83. The Labute approximate surface area is 210 Å². The number of nitrogens with zero attached hydrogens (tertiary/aromatic N) is 4. The number of rotatable bonds is 7. The van der Waals surface area contributed by atoms with Gasteiger partial charge in [-0.15, -0.1) is 0 Å². The number of halogens is 3. The highest BCUT2D eigenvalue weighted by Crippen LogP contribution is 2.29. The first-order chi connectivity index (χ1) is 17.3. The molecule has 1 N–H and O–H groups in total. The van der Waals surface area contributed by atoms with Gasteiger partial charge in [0.15, 0.2) is 11.6 Å². The van der Waals surface area contributed by atoms with E-state index in [1.807, 2.05) is 11.6 Å². The van der Waals surface area contributed by atoms with Crippen LogP contribution in [0, 0.1) is 11.6 Å². The van der Waals surface area contributed by atoms with Crippen LogP contribution in [0.15, 0.2) is 48.5 Å². The van der Waals surface area contributed by atoms with E-state index >= 15 is 0 Å². The summed E-state index contributed by atoms with van der Waals surface area (Å²) in [4.78, 5) is 22.7. The summed E-state index contributed by atoms with van der Waals surface area (Å²) in [5, 5.41) is 9.51. The van der Waals surface area contributed by atoms with Crippen molar-refractivity contribution in [3.05, 3.63) is 88.0 Å². The molecule has 0 amide bonds. The Morgan fingerprint density at radius 1 is 1.14 bits per heavy atom. The molecule has 186 valence electrons. The number of likely N-dealkylation sites (tertiary alicyclic amines) is 1. The number of benzene rings is 2. The number of aromatic nitrogens is 3. The molecule has 5 rings (SSSR count). The van der Waals surface area contributed by atoms with Gasteiger partial charge >= 0.3 is 5.97 Å². The van der Waals surface area contributed by atoms with Gasteiger partial charge in [-0.3, -0.25) is 9.88 Å². The number of hydrogen-bond donors (Lipinski definition) is 1. The zero-order valence-corrected chi connectivity index (χ0v) is 20.2. The maximum Gasteiger partial charge on any atom is 0.335 e.